The molecule has 0 bridgehead atoms. The van der Waals surface area contributed by atoms with Crippen molar-refractivity contribution in [3.8, 4) is 5.75 Å². The lowest BCUT2D eigenvalue weighted by molar-refractivity contribution is 0.0644. The van der Waals surface area contributed by atoms with E-state index >= 15 is 0 Å². The number of hydrogen-bond donors (Lipinski definition) is 1. The van der Waals surface area contributed by atoms with Gasteiger partial charge in [-0.15, -0.1) is 0 Å². The van der Waals surface area contributed by atoms with E-state index in [4.69, 9.17) is 14.2 Å². The van der Waals surface area contributed by atoms with E-state index in [0.29, 0.717) is 32.5 Å². The normalized spacial score (nSPS) is 11.1. The predicted molar refractivity (Wildman–Crippen MR) is 86.0 cm³/mol. The van der Waals surface area contributed by atoms with Crippen molar-refractivity contribution in [2.24, 2.45) is 0 Å². The Bertz CT molecular complexity index is 394. The Balaban J connectivity index is 2.35. The molecule has 0 aliphatic carbocycles. The van der Waals surface area contributed by atoms with Crippen LogP contribution in [0.2, 0.25) is 0 Å². The van der Waals surface area contributed by atoms with Gasteiger partial charge in [0, 0.05) is 38.3 Å². The minimum absolute atomic E-state index is 0.465. The minimum atomic E-state index is 0.465. The van der Waals surface area contributed by atoms with Gasteiger partial charge in [0.2, 0.25) is 0 Å². The van der Waals surface area contributed by atoms with Crippen LogP contribution < -0.4 is 10.1 Å². The van der Waals surface area contributed by atoms with Crippen molar-refractivity contribution in [3.63, 3.8) is 0 Å². The monoisotopic (exact) mass is 295 g/mol. The Labute approximate surface area is 128 Å². The fourth-order valence-electron chi connectivity index (χ4n) is 1.89. The summed E-state index contributed by atoms with van der Waals surface area (Å²) in [5.74, 6) is 0.964. The maximum absolute atomic E-state index is 5.88. The average Bonchev–Trinajstić information content (AvgIpc) is 2.45. The summed E-state index contributed by atoms with van der Waals surface area (Å²) in [6, 6.07) is 6.79. The van der Waals surface area contributed by atoms with E-state index in [1.165, 1.54) is 11.1 Å². The van der Waals surface area contributed by atoms with Gasteiger partial charge in [-0.05, 0) is 13.0 Å². The van der Waals surface area contributed by atoms with Gasteiger partial charge in [0.1, 0.15) is 5.75 Å². The number of rotatable bonds is 11. The van der Waals surface area contributed by atoms with Gasteiger partial charge in [-0.2, -0.15) is 0 Å². The van der Waals surface area contributed by atoms with E-state index < -0.39 is 0 Å². The molecule has 21 heavy (non-hydrogen) atoms. The zero-order valence-corrected chi connectivity index (χ0v) is 13.8. The molecule has 120 valence electrons. The number of benzene rings is 1. The van der Waals surface area contributed by atoms with Gasteiger partial charge < -0.3 is 19.5 Å². The van der Waals surface area contributed by atoms with Crippen molar-refractivity contribution in [2.75, 3.05) is 33.5 Å². The third-order valence-corrected chi connectivity index (χ3v) is 3.04. The van der Waals surface area contributed by atoms with Crippen LogP contribution in [0.25, 0.3) is 0 Å². The lowest BCUT2D eigenvalue weighted by Crippen LogP contribution is -2.22. The van der Waals surface area contributed by atoms with E-state index in [1.807, 2.05) is 0 Å². The number of ether oxygens (including phenoxy) is 3. The Morgan fingerprint density at radius 1 is 1.10 bits per heavy atom. The molecule has 0 amide bonds. The second kappa shape index (κ2) is 10.6. The van der Waals surface area contributed by atoms with Crippen LogP contribution in [-0.2, 0) is 16.0 Å². The molecule has 4 nitrogen and oxygen atoms in total. The number of aryl methyl sites for hydroxylation is 1. The van der Waals surface area contributed by atoms with Crippen molar-refractivity contribution in [1.29, 1.82) is 0 Å². The van der Waals surface area contributed by atoms with Gasteiger partial charge in [0.25, 0.3) is 0 Å². The molecule has 0 heterocycles. The number of methoxy groups -OCH3 is 1. The van der Waals surface area contributed by atoms with Gasteiger partial charge in [-0.25, -0.2) is 0 Å². The summed E-state index contributed by atoms with van der Waals surface area (Å²) < 4.78 is 16.2. The highest BCUT2D eigenvalue weighted by molar-refractivity contribution is 5.36. The van der Waals surface area contributed by atoms with Crippen LogP contribution in [0.5, 0.6) is 5.75 Å². The largest absolute Gasteiger partial charge is 0.493 e. The van der Waals surface area contributed by atoms with E-state index in [-0.39, 0.29) is 0 Å². The fraction of sp³-hybridized carbons (Fsp3) is 0.647. The van der Waals surface area contributed by atoms with E-state index in [9.17, 15) is 0 Å². The molecule has 1 aromatic carbocycles. The molecule has 0 aliphatic rings. The highest BCUT2D eigenvalue weighted by Gasteiger charge is 2.05. The van der Waals surface area contributed by atoms with Gasteiger partial charge in [-0.1, -0.05) is 31.5 Å². The molecule has 0 aliphatic heterocycles. The Morgan fingerprint density at radius 2 is 1.90 bits per heavy atom. The molecule has 0 saturated heterocycles. The Morgan fingerprint density at radius 3 is 2.62 bits per heavy atom. The third-order valence-electron chi connectivity index (χ3n) is 3.04. The molecular formula is C17H29NO3. The second-order valence-corrected chi connectivity index (χ2v) is 5.45. The number of hydrogen-bond acceptors (Lipinski definition) is 4. The highest BCUT2D eigenvalue weighted by Crippen LogP contribution is 2.20. The van der Waals surface area contributed by atoms with Gasteiger partial charge in [0.15, 0.2) is 0 Å². The SMILES string of the molecule is COCCOCCCOc1ccc(C)cc1CNC(C)C. The summed E-state index contributed by atoms with van der Waals surface area (Å²) in [6.45, 7) is 9.89. The van der Waals surface area contributed by atoms with Crippen LogP contribution in [0.1, 0.15) is 31.4 Å². The van der Waals surface area contributed by atoms with E-state index in [1.54, 1.807) is 7.11 Å². The maximum atomic E-state index is 5.88. The van der Waals surface area contributed by atoms with Crippen LogP contribution in [0.3, 0.4) is 0 Å². The summed E-state index contributed by atoms with van der Waals surface area (Å²) in [5.41, 5.74) is 2.47. The van der Waals surface area contributed by atoms with E-state index in [2.05, 4.69) is 44.3 Å². The van der Waals surface area contributed by atoms with E-state index in [0.717, 1.165) is 18.7 Å². The first kappa shape index (κ1) is 18.0. The molecule has 1 aromatic rings. The standard InChI is InChI=1S/C17H29NO3/c1-14(2)18-13-16-12-15(3)6-7-17(16)21-9-5-8-20-11-10-19-4/h6-7,12,14,18H,5,8-11,13H2,1-4H3. The maximum Gasteiger partial charge on any atom is 0.123 e. The zero-order chi connectivity index (χ0) is 15.5. The summed E-state index contributed by atoms with van der Waals surface area (Å²) in [4.78, 5) is 0. The highest BCUT2D eigenvalue weighted by atomic mass is 16.5. The lowest BCUT2D eigenvalue weighted by Gasteiger charge is -2.14. The second-order valence-electron chi connectivity index (χ2n) is 5.45. The van der Waals surface area contributed by atoms with Gasteiger partial charge in [0.05, 0.1) is 19.8 Å². The molecule has 0 saturated carbocycles. The quantitative estimate of drug-likeness (QED) is 0.637. The summed E-state index contributed by atoms with van der Waals surface area (Å²) in [6.07, 6.45) is 0.884. The molecule has 1 rings (SSSR count). The molecule has 0 atom stereocenters. The van der Waals surface area contributed by atoms with Crippen molar-refractivity contribution in [2.45, 2.75) is 39.8 Å². The fourth-order valence-corrected chi connectivity index (χ4v) is 1.89. The first-order chi connectivity index (χ1) is 10.1. The molecule has 0 unspecified atom stereocenters. The van der Waals surface area contributed by atoms with Crippen LogP contribution >= 0.6 is 0 Å². The first-order valence-electron chi connectivity index (χ1n) is 7.66. The Hall–Kier alpha value is -1.10. The topological polar surface area (TPSA) is 39.7 Å². The molecular weight excluding hydrogens is 266 g/mol. The predicted octanol–water partition coefficient (Wildman–Crippen LogP) is 2.92. The summed E-state index contributed by atoms with van der Waals surface area (Å²) in [7, 11) is 1.68. The van der Waals surface area contributed by atoms with Crippen molar-refractivity contribution < 1.29 is 14.2 Å². The zero-order valence-electron chi connectivity index (χ0n) is 13.8. The van der Waals surface area contributed by atoms with Crippen LogP contribution in [-0.4, -0.2) is 39.6 Å². The van der Waals surface area contributed by atoms with Crippen LogP contribution in [0.4, 0.5) is 0 Å². The smallest absolute Gasteiger partial charge is 0.123 e. The van der Waals surface area contributed by atoms with Crippen molar-refractivity contribution in [1.82, 2.24) is 5.32 Å². The van der Waals surface area contributed by atoms with Crippen molar-refractivity contribution >= 4 is 0 Å². The lowest BCUT2D eigenvalue weighted by atomic mass is 10.1. The molecule has 0 aromatic heterocycles. The number of nitrogens with one attached hydrogen (secondary N) is 1. The van der Waals surface area contributed by atoms with Gasteiger partial charge in [-0.3, -0.25) is 0 Å². The average molecular weight is 295 g/mol. The molecule has 1 N–H and O–H groups in total. The minimum Gasteiger partial charge on any atom is -0.493 e. The van der Waals surface area contributed by atoms with Crippen LogP contribution in [0.15, 0.2) is 18.2 Å². The molecule has 4 heteroatoms. The Kier molecular flexibility index (Phi) is 9.06. The molecule has 0 spiro atoms. The molecule has 0 fully saturated rings. The summed E-state index contributed by atoms with van der Waals surface area (Å²) in [5, 5.41) is 3.44. The third kappa shape index (κ3) is 8.05. The van der Waals surface area contributed by atoms with Crippen LogP contribution in [0, 0.1) is 6.92 Å². The summed E-state index contributed by atoms with van der Waals surface area (Å²) >= 11 is 0. The first-order valence-corrected chi connectivity index (χ1v) is 7.66. The molecule has 0 radical (unpaired) electrons. The van der Waals surface area contributed by atoms with Gasteiger partial charge >= 0.3 is 0 Å². The van der Waals surface area contributed by atoms with Crippen molar-refractivity contribution in [3.05, 3.63) is 29.3 Å².